The highest BCUT2D eigenvalue weighted by Gasteiger charge is 2.16. The van der Waals surface area contributed by atoms with Crippen LogP contribution in [0, 0.1) is 0 Å². The zero-order valence-electron chi connectivity index (χ0n) is 11.0. The second-order valence-electron chi connectivity index (χ2n) is 4.31. The summed E-state index contributed by atoms with van der Waals surface area (Å²) in [5, 5.41) is 8.04. The zero-order valence-corrected chi connectivity index (χ0v) is 12.6. The number of rotatable bonds is 3. The molecule has 8 heteroatoms. The van der Waals surface area contributed by atoms with Crippen LogP contribution in [0.5, 0.6) is 0 Å². The Morgan fingerprint density at radius 2 is 2.00 bits per heavy atom. The van der Waals surface area contributed by atoms with E-state index >= 15 is 0 Å². The van der Waals surface area contributed by atoms with Crippen molar-refractivity contribution in [1.82, 2.24) is 4.98 Å². The number of halogens is 1. The van der Waals surface area contributed by atoms with Gasteiger partial charge in [0, 0.05) is 29.9 Å². The van der Waals surface area contributed by atoms with Crippen molar-refractivity contribution in [1.29, 1.82) is 0 Å². The quantitative estimate of drug-likeness (QED) is 0.842. The van der Waals surface area contributed by atoms with Crippen molar-refractivity contribution >= 4 is 33.2 Å². The minimum Gasteiger partial charge on any atom is -0.326 e. The number of sulfonamides is 1. The summed E-state index contributed by atoms with van der Waals surface area (Å²) >= 11 is 5.71. The van der Waals surface area contributed by atoms with Crippen molar-refractivity contribution in [3.63, 3.8) is 0 Å². The summed E-state index contributed by atoms with van der Waals surface area (Å²) in [4.78, 5) is 14.9. The highest BCUT2D eigenvalue weighted by molar-refractivity contribution is 7.89. The molecule has 0 aliphatic heterocycles. The average molecular weight is 326 g/mol. The first-order valence-corrected chi connectivity index (χ1v) is 7.76. The van der Waals surface area contributed by atoms with Gasteiger partial charge in [0.2, 0.25) is 15.9 Å². The molecule has 3 N–H and O–H groups in total. The number of aromatic nitrogens is 1. The van der Waals surface area contributed by atoms with Gasteiger partial charge in [-0.25, -0.2) is 18.5 Å². The molecule has 6 nitrogen and oxygen atoms in total. The first kappa shape index (κ1) is 15.4. The standard InChI is InChI=1S/C13H12ClN3O3S/c1-8(18)17-10-3-4-11(12(6-10)21(15,19)20)9-2-5-13(14)16-7-9/h2-7H,1H3,(H,17,18)(H2,15,19,20). The number of benzene rings is 1. The van der Waals surface area contributed by atoms with E-state index in [9.17, 15) is 13.2 Å². The van der Waals surface area contributed by atoms with Gasteiger partial charge < -0.3 is 5.32 Å². The SMILES string of the molecule is CC(=O)Nc1ccc(-c2ccc(Cl)nc2)c(S(N)(=O)=O)c1. The van der Waals surface area contributed by atoms with E-state index in [1.54, 1.807) is 24.3 Å². The second-order valence-corrected chi connectivity index (χ2v) is 6.22. The molecule has 0 aliphatic rings. The average Bonchev–Trinajstić information content (AvgIpc) is 2.38. The first-order chi connectivity index (χ1) is 9.77. The maximum absolute atomic E-state index is 11.8. The number of amides is 1. The molecular formula is C13H12ClN3O3S. The van der Waals surface area contributed by atoms with Crippen LogP contribution in [-0.2, 0) is 14.8 Å². The van der Waals surface area contributed by atoms with Gasteiger partial charge in [-0.2, -0.15) is 0 Å². The van der Waals surface area contributed by atoms with E-state index in [-0.39, 0.29) is 10.8 Å². The lowest BCUT2D eigenvalue weighted by molar-refractivity contribution is -0.114. The fourth-order valence-corrected chi connectivity index (χ4v) is 2.71. The molecule has 0 fully saturated rings. The third-order valence-electron chi connectivity index (χ3n) is 2.65. The molecular weight excluding hydrogens is 314 g/mol. The van der Waals surface area contributed by atoms with Gasteiger partial charge in [-0.15, -0.1) is 0 Å². The van der Waals surface area contributed by atoms with Crippen molar-refractivity contribution in [2.24, 2.45) is 5.14 Å². The zero-order chi connectivity index (χ0) is 15.6. The number of nitrogens with one attached hydrogen (secondary N) is 1. The van der Waals surface area contributed by atoms with E-state index in [0.717, 1.165) is 0 Å². The molecule has 1 aromatic carbocycles. The summed E-state index contributed by atoms with van der Waals surface area (Å²) < 4.78 is 23.5. The minimum atomic E-state index is -3.96. The van der Waals surface area contributed by atoms with Crippen molar-refractivity contribution in [3.8, 4) is 11.1 Å². The Hall–Kier alpha value is -1.96. The number of nitrogens with zero attached hydrogens (tertiary/aromatic N) is 1. The third kappa shape index (κ3) is 3.78. The first-order valence-electron chi connectivity index (χ1n) is 5.84. The van der Waals surface area contributed by atoms with Crippen LogP contribution in [0.2, 0.25) is 5.15 Å². The third-order valence-corrected chi connectivity index (χ3v) is 3.82. The molecule has 0 saturated heterocycles. The van der Waals surface area contributed by atoms with Gasteiger partial charge in [-0.05, 0) is 24.3 Å². The van der Waals surface area contributed by atoms with Crippen LogP contribution in [0.25, 0.3) is 11.1 Å². The molecule has 1 heterocycles. The van der Waals surface area contributed by atoms with E-state index in [2.05, 4.69) is 10.3 Å². The maximum atomic E-state index is 11.8. The summed E-state index contributed by atoms with van der Waals surface area (Å²) in [6.07, 6.45) is 1.45. The molecule has 0 unspecified atom stereocenters. The Bertz CT molecular complexity index is 789. The molecule has 0 bridgehead atoms. The van der Waals surface area contributed by atoms with E-state index in [0.29, 0.717) is 22.0 Å². The molecule has 0 saturated carbocycles. The number of nitrogens with two attached hydrogens (primary N) is 1. The smallest absolute Gasteiger partial charge is 0.238 e. The Kier molecular flexibility index (Phi) is 4.26. The van der Waals surface area contributed by atoms with Crippen LogP contribution < -0.4 is 10.5 Å². The van der Waals surface area contributed by atoms with E-state index in [4.69, 9.17) is 16.7 Å². The van der Waals surface area contributed by atoms with Gasteiger partial charge >= 0.3 is 0 Å². The van der Waals surface area contributed by atoms with Crippen molar-refractivity contribution in [2.75, 3.05) is 5.32 Å². The second kappa shape index (κ2) is 5.80. The number of pyridine rings is 1. The minimum absolute atomic E-state index is 0.0992. The molecule has 2 aromatic rings. The van der Waals surface area contributed by atoms with Gasteiger partial charge in [0.25, 0.3) is 0 Å². The molecule has 21 heavy (non-hydrogen) atoms. The lowest BCUT2D eigenvalue weighted by Crippen LogP contribution is -2.14. The van der Waals surface area contributed by atoms with Crippen LogP contribution in [-0.4, -0.2) is 19.3 Å². The molecule has 2 rings (SSSR count). The summed E-state index contributed by atoms with van der Waals surface area (Å²) in [5.41, 5.74) is 1.28. The van der Waals surface area contributed by atoms with Crippen molar-refractivity contribution < 1.29 is 13.2 Å². The number of anilines is 1. The van der Waals surface area contributed by atoms with Crippen LogP contribution in [0.15, 0.2) is 41.4 Å². The molecule has 0 spiro atoms. The maximum Gasteiger partial charge on any atom is 0.238 e. The Balaban J connectivity index is 2.60. The van der Waals surface area contributed by atoms with Crippen molar-refractivity contribution in [2.45, 2.75) is 11.8 Å². The summed E-state index contributed by atoms with van der Waals surface area (Å²) in [5.74, 6) is -0.309. The van der Waals surface area contributed by atoms with Gasteiger partial charge in [-0.3, -0.25) is 4.79 Å². The van der Waals surface area contributed by atoms with Crippen molar-refractivity contribution in [3.05, 3.63) is 41.7 Å². The fraction of sp³-hybridized carbons (Fsp3) is 0.0769. The normalized spacial score (nSPS) is 11.2. The topological polar surface area (TPSA) is 102 Å². The summed E-state index contributed by atoms with van der Waals surface area (Å²) in [6, 6.07) is 7.62. The number of hydrogen-bond donors (Lipinski definition) is 2. The van der Waals surface area contributed by atoms with E-state index in [1.165, 1.54) is 19.2 Å². The number of carbonyl (C=O) groups excluding carboxylic acids is 1. The van der Waals surface area contributed by atoms with E-state index < -0.39 is 10.0 Å². The Morgan fingerprint density at radius 1 is 1.29 bits per heavy atom. The molecule has 0 atom stereocenters. The number of hydrogen-bond acceptors (Lipinski definition) is 4. The van der Waals surface area contributed by atoms with Crippen LogP contribution in [0.3, 0.4) is 0 Å². The lowest BCUT2D eigenvalue weighted by Gasteiger charge is -2.10. The van der Waals surface area contributed by atoms with Gasteiger partial charge in [0.15, 0.2) is 0 Å². The van der Waals surface area contributed by atoms with Crippen LogP contribution in [0.1, 0.15) is 6.92 Å². The van der Waals surface area contributed by atoms with Gasteiger partial charge in [-0.1, -0.05) is 17.7 Å². The highest BCUT2D eigenvalue weighted by atomic mass is 35.5. The molecule has 0 aliphatic carbocycles. The monoisotopic (exact) mass is 325 g/mol. The summed E-state index contributed by atoms with van der Waals surface area (Å²) in [6.45, 7) is 1.33. The molecule has 0 radical (unpaired) electrons. The Morgan fingerprint density at radius 3 is 2.52 bits per heavy atom. The number of carbonyl (C=O) groups is 1. The largest absolute Gasteiger partial charge is 0.326 e. The predicted octanol–water partition coefficient (Wildman–Crippen LogP) is 2.01. The Labute approximate surface area is 127 Å². The number of primary sulfonamides is 1. The van der Waals surface area contributed by atoms with Crippen LogP contribution in [0.4, 0.5) is 5.69 Å². The van der Waals surface area contributed by atoms with Crippen LogP contribution >= 0.6 is 11.6 Å². The highest BCUT2D eigenvalue weighted by Crippen LogP contribution is 2.29. The van der Waals surface area contributed by atoms with Gasteiger partial charge in [0.05, 0.1) is 4.90 Å². The fourth-order valence-electron chi connectivity index (χ4n) is 1.81. The molecule has 1 aromatic heterocycles. The lowest BCUT2D eigenvalue weighted by atomic mass is 10.1. The van der Waals surface area contributed by atoms with Gasteiger partial charge in [0.1, 0.15) is 5.15 Å². The van der Waals surface area contributed by atoms with E-state index in [1.807, 2.05) is 0 Å². The summed E-state index contributed by atoms with van der Waals surface area (Å²) in [7, 11) is -3.96. The molecule has 110 valence electrons. The predicted molar refractivity (Wildman–Crippen MR) is 80.4 cm³/mol. The molecule has 1 amide bonds.